The Kier molecular flexibility index (Phi) is 9.12. The maximum absolute atomic E-state index is 13.4. The van der Waals surface area contributed by atoms with Crippen LogP contribution >= 0.6 is 0 Å². The average Bonchev–Trinajstić information content (AvgIpc) is 3.56. The summed E-state index contributed by atoms with van der Waals surface area (Å²) in [5.41, 5.74) is -0.288. The van der Waals surface area contributed by atoms with E-state index in [2.05, 4.69) is 5.32 Å². The smallest absolute Gasteiger partial charge is 0.393 e. The van der Waals surface area contributed by atoms with Gasteiger partial charge in [0.1, 0.15) is 5.70 Å². The lowest BCUT2D eigenvalue weighted by Gasteiger charge is -2.46. The van der Waals surface area contributed by atoms with E-state index in [1.54, 1.807) is 6.92 Å². The Morgan fingerprint density at radius 2 is 1.47 bits per heavy atom. The number of carbonyl (C=O) groups is 5. The third-order valence-electron chi connectivity index (χ3n) is 8.50. The number of β-lactam (4-membered cyclic amide) rings is 1. The number of ether oxygens (including phenoxy) is 2. The van der Waals surface area contributed by atoms with E-state index in [-0.39, 0.29) is 41.3 Å². The van der Waals surface area contributed by atoms with Gasteiger partial charge in [0.15, 0.2) is 0 Å². The van der Waals surface area contributed by atoms with E-state index in [4.69, 9.17) is 9.47 Å². The number of carbonyl (C=O) groups excluding carboxylic acids is 5. The summed E-state index contributed by atoms with van der Waals surface area (Å²) in [4.78, 5) is 87.5. The predicted octanol–water partition coefficient (Wildman–Crippen LogP) is 1.94. The van der Waals surface area contributed by atoms with E-state index in [9.17, 15) is 49.3 Å². The van der Waals surface area contributed by atoms with Gasteiger partial charge in [-0.1, -0.05) is 6.92 Å². The third kappa shape index (κ3) is 6.56. The number of likely N-dealkylation sites (tertiary alicyclic amines) is 1. The number of nitrogens with zero attached hydrogens (tertiary/aromatic N) is 4. The summed E-state index contributed by atoms with van der Waals surface area (Å²) < 4.78 is 9.93. The molecule has 2 N–H and O–H groups in total. The third-order valence-corrected chi connectivity index (χ3v) is 8.50. The second-order valence-corrected chi connectivity index (χ2v) is 11.5. The molecule has 246 valence electrons. The zero-order valence-corrected chi connectivity index (χ0v) is 25.1. The van der Waals surface area contributed by atoms with Crippen molar-refractivity contribution in [1.29, 1.82) is 0 Å². The molecule has 2 fully saturated rings. The van der Waals surface area contributed by atoms with Gasteiger partial charge in [0.25, 0.3) is 11.4 Å². The second-order valence-electron chi connectivity index (χ2n) is 11.5. The molecule has 2 amide bonds. The highest BCUT2D eigenvalue weighted by Gasteiger charge is 2.60. The molecule has 5 rings (SSSR count). The lowest BCUT2D eigenvalue weighted by atomic mass is 9.77. The number of aliphatic hydroxyl groups excluding tert-OH is 1. The van der Waals surface area contributed by atoms with Crippen LogP contribution in [-0.2, 0) is 19.1 Å². The topological polar surface area (TPSA) is 229 Å². The van der Waals surface area contributed by atoms with E-state index in [0.29, 0.717) is 18.5 Å². The first-order valence-electron chi connectivity index (χ1n) is 14.5. The van der Waals surface area contributed by atoms with E-state index < -0.39 is 69.8 Å². The van der Waals surface area contributed by atoms with Crippen molar-refractivity contribution >= 4 is 41.3 Å². The number of amides is 2. The normalized spacial score (nSPS) is 22.6. The van der Waals surface area contributed by atoms with Gasteiger partial charge in [0.05, 0.1) is 39.0 Å². The Hall–Kier alpha value is -5.55. The van der Waals surface area contributed by atoms with Gasteiger partial charge in [-0.05, 0) is 43.2 Å². The minimum Gasteiger partial charge on any atom is -0.393 e. The maximum atomic E-state index is 13.4. The fourth-order valence-electron chi connectivity index (χ4n) is 6.15. The Bertz CT molecular complexity index is 1690. The zero-order chi connectivity index (χ0) is 34.2. The molecule has 0 unspecified atom stereocenters. The van der Waals surface area contributed by atoms with Crippen LogP contribution in [0, 0.1) is 32.1 Å². The van der Waals surface area contributed by atoms with E-state index in [1.807, 2.05) is 4.90 Å². The highest BCUT2D eigenvalue weighted by atomic mass is 16.6. The number of hydrogen-bond acceptors (Lipinski definition) is 13. The molecular formula is C30H29N5O12. The maximum Gasteiger partial charge on any atom is 0.415 e. The molecular weight excluding hydrogens is 622 g/mol. The molecule has 5 atom stereocenters. The molecule has 0 radical (unpaired) electrons. The van der Waals surface area contributed by atoms with Gasteiger partial charge in [-0.2, -0.15) is 0 Å². The quantitative estimate of drug-likeness (QED) is 0.130. The standard InChI is InChI=1S/C30H29N5O12/c1-15-22(14-32-12-11-19(13-32)31-30(41)47-28(39)18-5-9-21(10-6-18)35(44)45)25(33-24(15)23(16(2)36)26(33)37)29(40)46-27(38)17-3-7-20(8-4-17)34(42)43/h3-10,15-16,19,23-24,36H,11-14H2,1-2H3,(H,31,41)/t15-,16+,19-,23+,24+/m0/s1. The largest absolute Gasteiger partial charge is 0.415 e. The van der Waals surface area contributed by atoms with E-state index in [1.165, 1.54) is 24.0 Å². The number of nitrogens with one attached hydrogen (secondary N) is 1. The van der Waals surface area contributed by atoms with Crippen LogP contribution in [0.1, 0.15) is 41.0 Å². The molecule has 0 saturated carbocycles. The second kappa shape index (κ2) is 13.1. The number of alkyl carbamates (subject to hydrolysis) is 1. The van der Waals surface area contributed by atoms with Crippen molar-refractivity contribution < 1.29 is 48.4 Å². The summed E-state index contributed by atoms with van der Waals surface area (Å²) >= 11 is 0. The van der Waals surface area contributed by atoms with Crippen LogP contribution in [-0.4, -0.2) is 92.5 Å². The number of nitro groups is 2. The molecule has 3 heterocycles. The number of non-ortho nitro benzene ring substituents is 2. The minimum absolute atomic E-state index is 0.0536. The van der Waals surface area contributed by atoms with Crippen molar-refractivity contribution in [2.45, 2.75) is 38.5 Å². The van der Waals surface area contributed by atoms with Crippen LogP contribution < -0.4 is 5.32 Å². The molecule has 0 aromatic heterocycles. The van der Waals surface area contributed by atoms with Crippen molar-refractivity contribution in [1.82, 2.24) is 15.1 Å². The van der Waals surface area contributed by atoms with E-state index in [0.717, 1.165) is 36.4 Å². The first-order chi connectivity index (χ1) is 22.3. The van der Waals surface area contributed by atoms with Gasteiger partial charge in [-0.25, -0.2) is 19.2 Å². The lowest BCUT2D eigenvalue weighted by Crippen LogP contribution is -2.63. The monoisotopic (exact) mass is 651 g/mol. The lowest BCUT2D eigenvalue weighted by molar-refractivity contribution is -0.385. The van der Waals surface area contributed by atoms with Crippen LogP contribution in [0.2, 0.25) is 0 Å². The van der Waals surface area contributed by atoms with Crippen molar-refractivity contribution in [2.75, 3.05) is 19.6 Å². The van der Waals surface area contributed by atoms with Gasteiger partial charge in [-0.15, -0.1) is 0 Å². The van der Waals surface area contributed by atoms with Crippen LogP contribution in [0.4, 0.5) is 16.2 Å². The van der Waals surface area contributed by atoms with Crippen LogP contribution in [0.15, 0.2) is 59.8 Å². The summed E-state index contributed by atoms with van der Waals surface area (Å²) in [6, 6.07) is 8.01. The number of aliphatic hydroxyl groups is 1. The predicted molar refractivity (Wildman–Crippen MR) is 157 cm³/mol. The van der Waals surface area contributed by atoms with Gasteiger partial charge in [0, 0.05) is 55.9 Å². The number of esters is 3. The molecule has 3 aliphatic heterocycles. The minimum atomic E-state index is -1.09. The fourth-order valence-corrected chi connectivity index (χ4v) is 6.15. The van der Waals surface area contributed by atoms with E-state index >= 15 is 0 Å². The average molecular weight is 652 g/mol. The molecule has 3 aliphatic rings. The Balaban J connectivity index is 1.25. The first-order valence-corrected chi connectivity index (χ1v) is 14.5. The molecule has 0 aliphatic carbocycles. The van der Waals surface area contributed by atoms with Crippen molar-refractivity contribution in [2.24, 2.45) is 11.8 Å². The zero-order valence-electron chi connectivity index (χ0n) is 25.1. The molecule has 47 heavy (non-hydrogen) atoms. The summed E-state index contributed by atoms with van der Waals surface area (Å²) in [5, 5.41) is 34.6. The van der Waals surface area contributed by atoms with Gasteiger partial charge < -0.3 is 24.8 Å². The highest BCUT2D eigenvalue weighted by molar-refractivity contribution is 6.06. The van der Waals surface area contributed by atoms with Gasteiger partial charge in [0.2, 0.25) is 5.91 Å². The molecule has 17 heteroatoms. The van der Waals surface area contributed by atoms with Gasteiger partial charge >= 0.3 is 24.0 Å². The van der Waals surface area contributed by atoms with Crippen LogP contribution in [0.3, 0.4) is 0 Å². The Morgan fingerprint density at radius 1 is 0.936 bits per heavy atom. The molecule has 0 bridgehead atoms. The molecule has 2 aromatic carbocycles. The number of benzene rings is 2. The SMILES string of the molecule is C[C@@H](O)[C@H]1C(=O)N2C(C(=O)OC(=O)c3ccc([N+](=O)[O-])cc3)=C(CN3CC[C@H](NC(=O)OC(=O)c4ccc([N+](=O)[O-])cc4)C3)[C@H](C)[C@H]12. The summed E-state index contributed by atoms with van der Waals surface area (Å²) in [7, 11) is 0. The van der Waals surface area contributed by atoms with Crippen LogP contribution in [0.5, 0.6) is 0 Å². The highest BCUT2D eigenvalue weighted by Crippen LogP contribution is 2.47. The molecule has 2 aromatic rings. The van der Waals surface area contributed by atoms with Crippen molar-refractivity contribution in [3.8, 4) is 0 Å². The fraction of sp³-hybridized carbons (Fsp3) is 0.367. The molecule has 0 spiro atoms. The Morgan fingerprint density at radius 3 is 1.98 bits per heavy atom. The number of fused-ring (bicyclic) bond motifs is 1. The summed E-state index contributed by atoms with van der Waals surface area (Å²) in [6.07, 6.45) is -1.56. The Labute approximate surface area is 266 Å². The van der Waals surface area contributed by atoms with Crippen molar-refractivity contribution in [3.05, 3.63) is 91.2 Å². The number of nitro benzene ring substituents is 2. The first kappa shape index (κ1) is 32.8. The molecule has 17 nitrogen and oxygen atoms in total. The summed E-state index contributed by atoms with van der Waals surface area (Å²) in [5.74, 6) is -4.82. The van der Waals surface area contributed by atoms with Crippen LogP contribution in [0.25, 0.3) is 0 Å². The van der Waals surface area contributed by atoms with Gasteiger partial charge in [-0.3, -0.25) is 29.9 Å². The number of hydrogen-bond donors (Lipinski definition) is 2. The summed E-state index contributed by atoms with van der Waals surface area (Å²) in [6.45, 7) is 4.14. The van der Waals surface area contributed by atoms with Crippen molar-refractivity contribution in [3.63, 3.8) is 0 Å². The number of rotatable bonds is 9. The molecule has 2 saturated heterocycles.